The van der Waals surface area contributed by atoms with Gasteiger partial charge in [0.05, 0.1) is 6.61 Å². The Morgan fingerprint density at radius 1 is 1.47 bits per heavy atom. The molecule has 1 saturated heterocycles. The first kappa shape index (κ1) is 12.9. The van der Waals surface area contributed by atoms with Gasteiger partial charge in [-0.2, -0.15) is 0 Å². The summed E-state index contributed by atoms with van der Waals surface area (Å²) >= 11 is 0. The maximum atomic E-state index is 5.22. The molecule has 0 saturated carbocycles. The first-order valence-corrected chi connectivity index (χ1v) is 5.91. The van der Waals surface area contributed by atoms with E-state index in [-0.39, 0.29) is 0 Å². The van der Waals surface area contributed by atoms with Gasteiger partial charge in [0, 0.05) is 38.8 Å². The SMILES string of the molecule is COCC(C)N1CCNC(C(C)(C)C)C1. The van der Waals surface area contributed by atoms with E-state index in [0.29, 0.717) is 17.5 Å². The molecule has 1 N–H and O–H groups in total. The summed E-state index contributed by atoms with van der Waals surface area (Å²) in [5, 5.41) is 3.60. The lowest BCUT2D eigenvalue weighted by Crippen LogP contribution is -2.58. The van der Waals surface area contributed by atoms with Gasteiger partial charge in [-0.3, -0.25) is 4.90 Å². The van der Waals surface area contributed by atoms with E-state index in [4.69, 9.17) is 4.74 Å². The maximum absolute atomic E-state index is 5.22. The molecule has 0 aliphatic carbocycles. The van der Waals surface area contributed by atoms with Gasteiger partial charge in [-0.25, -0.2) is 0 Å². The Labute approximate surface area is 94.2 Å². The van der Waals surface area contributed by atoms with E-state index in [1.165, 1.54) is 0 Å². The second kappa shape index (κ2) is 5.28. The van der Waals surface area contributed by atoms with Crippen LogP contribution in [0.15, 0.2) is 0 Å². The zero-order chi connectivity index (χ0) is 11.5. The maximum Gasteiger partial charge on any atom is 0.0615 e. The second-order valence-corrected chi connectivity index (χ2v) is 5.67. The summed E-state index contributed by atoms with van der Waals surface area (Å²) in [5.41, 5.74) is 0.339. The van der Waals surface area contributed by atoms with Crippen molar-refractivity contribution in [3.8, 4) is 0 Å². The van der Waals surface area contributed by atoms with E-state index in [2.05, 4.69) is 37.9 Å². The van der Waals surface area contributed by atoms with Crippen LogP contribution in [-0.4, -0.2) is 50.3 Å². The molecule has 3 heteroatoms. The number of rotatable bonds is 3. The lowest BCUT2D eigenvalue weighted by Gasteiger charge is -2.42. The fraction of sp³-hybridized carbons (Fsp3) is 1.00. The predicted molar refractivity (Wildman–Crippen MR) is 64.2 cm³/mol. The second-order valence-electron chi connectivity index (χ2n) is 5.67. The fourth-order valence-corrected chi connectivity index (χ4v) is 2.10. The van der Waals surface area contributed by atoms with E-state index in [1.54, 1.807) is 7.11 Å². The normalized spacial score (nSPS) is 26.6. The topological polar surface area (TPSA) is 24.5 Å². The Bertz CT molecular complexity index is 189. The Kier molecular flexibility index (Phi) is 4.56. The molecular weight excluding hydrogens is 188 g/mol. The van der Waals surface area contributed by atoms with Gasteiger partial charge in [0.25, 0.3) is 0 Å². The van der Waals surface area contributed by atoms with Crippen LogP contribution in [0.1, 0.15) is 27.7 Å². The van der Waals surface area contributed by atoms with Crippen molar-refractivity contribution in [2.24, 2.45) is 5.41 Å². The van der Waals surface area contributed by atoms with Crippen molar-refractivity contribution in [3.63, 3.8) is 0 Å². The molecule has 0 aromatic carbocycles. The molecule has 1 fully saturated rings. The molecule has 1 heterocycles. The summed E-state index contributed by atoms with van der Waals surface area (Å²) in [5.74, 6) is 0. The number of hydrogen-bond acceptors (Lipinski definition) is 3. The number of nitrogens with one attached hydrogen (secondary N) is 1. The molecule has 15 heavy (non-hydrogen) atoms. The Hall–Kier alpha value is -0.120. The lowest BCUT2D eigenvalue weighted by molar-refractivity contribution is 0.0582. The van der Waals surface area contributed by atoms with Gasteiger partial charge in [0.2, 0.25) is 0 Å². The van der Waals surface area contributed by atoms with Gasteiger partial charge in [-0.15, -0.1) is 0 Å². The molecule has 0 amide bonds. The molecular formula is C12H26N2O. The molecule has 1 aliphatic heterocycles. The van der Waals surface area contributed by atoms with Crippen LogP contribution in [0.4, 0.5) is 0 Å². The monoisotopic (exact) mass is 214 g/mol. The molecule has 0 radical (unpaired) electrons. The number of ether oxygens (including phenoxy) is 1. The van der Waals surface area contributed by atoms with E-state index < -0.39 is 0 Å². The molecule has 1 aliphatic rings. The minimum Gasteiger partial charge on any atom is -0.383 e. The molecule has 2 unspecified atom stereocenters. The van der Waals surface area contributed by atoms with Gasteiger partial charge in [-0.05, 0) is 12.3 Å². The van der Waals surface area contributed by atoms with Crippen molar-refractivity contribution < 1.29 is 4.74 Å². The largest absolute Gasteiger partial charge is 0.383 e. The van der Waals surface area contributed by atoms with Crippen molar-refractivity contribution in [2.45, 2.75) is 39.8 Å². The van der Waals surface area contributed by atoms with E-state index in [0.717, 1.165) is 26.2 Å². The summed E-state index contributed by atoms with van der Waals surface area (Å²) < 4.78 is 5.22. The highest BCUT2D eigenvalue weighted by atomic mass is 16.5. The van der Waals surface area contributed by atoms with Crippen LogP contribution >= 0.6 is 0 Å². The van der Waals surface area contributed by atoms with E-state index in [9.17, 15) is 0 Å². The third-order valence-corrected chi connectivity index (χ3v) is 3.28. The van der Waals surface area contributed by atoms with Gasteiger partial charge < -0.3 is 10.1 Å². The number of hydrogen-bond donors (Lipinski definition) is 1. The average molecular weight is 214 g/mol. The van der Waals surface area contributed by atoms with Crippen molar-refractivity contribution in [2.75, 3.05) is 33.4 Å². The molecule has 0 bridgehead atoms. The highest BCUT2D eigenvalue weighted by molar-refractivity contribution is 4.88. The third kappa shape index (κ3) is 3.74. The first-order valence-electron chi connectivity index (χ1n) is 5.91. The number of nitrogens with zero attached hydrogens (tertiary/aromatic N) is 1. The Balaban J connectivity index is 2.48. The smallest absolute Gasteiger partial charge is 0.0615 e. The minimum absolute atomic E-state index is 0.339. The van der Waals surface area contributed by atoms with Crippen molar-refractivity contribution in [3.05, 3.63) is 0 Å². The quantitative estimate of drug-likeness (QED) is 0.767. The molecule has 0 aromatic rings. The van der Waals surface area contributed by atoms with Crippen molar-refractivity contribution in [1.29, 1.82) is 0 Å². The predicted octanol–water partition coefficient (Wildman–Crippen LogP) is 1.34. The Morgan fingerprint density at radius 2 is 2.13 bits per heavy atom. The van der Waals surface area contributed by atoms with Crippen molar-refractivity contribution in [1.82, 2.24) is 10.2 Å². The third-order valence-electron chi connectivity index (χ3n) is 3.28. The van der Waals surface area contributed by atoms with Crippen molar-refractivity contribution >= 4 is 0 Å². The summed E-state index contributed by atoms with van der Waals surface area (Å²) in [6.07, 6.45) is 0. The van der Waals surface area contributed by atoms with Crippen LogP contribution in [0.3, 0.4) is 0 Å². The average Bonchev–Trinajstić information content (AvgIpc) is 2.17. The van der Waals surface area contributed by atoms with E-state index in [1.807, 2.05) is 0 Å². The summed E-state index contributed by atoms with van der Waals surface area (Å²) in [6.45, 7) is 13.3. The van der Waals surface area contributed by atoms with Crippen LogP contribution in [-0.2, 0) is 4.74 Å². The molecule has 3 nitrogen and oxygen atoms in total. The van der Waals surface area contributed by atoms with Gasteiger partial charge in [0.15, 0.2) is 0 Å². The minimum atomic E-state index is 0.339. The standard InChI is InChI=1S/C12H26N2O/c1-10(9-15-5)14-7-6-13-11(8-14)12(2,3)4/h10-11,13H,6-9H2,1-5H3. The van der Waals surface area contributed by atoms with Crippen LogP contribution in [0.2, 0.25) is 0 Å². The summed E-state index contributed by atoms with van der Waals surface area (Å²) in [7, 11) is 1.78. The molecule has 0 aromatic heterocycles. The van der Waals surface area contributed by atoms with E-state index >= 15 is 0 Å². The summed E-state index contributed by atoms with van der Waals surface area (Å²) in [4.78, 5) is 2.52. The zero-order valence-electron chi connectivity index (χ0n) is 10.8. The molecule has 90 valence electrons. The Morgan fingerprint density at radius 3 is 2.67 bits per heavy atom. The molecule has 2 atom stereocenters. The molecule has 0 spiro atoms. The zero-order valence-corrected chi connectivity index (χ0v) is 10.8. The first-order chi connectivity index (χ1) is 6.95. The van der Waals surface area contributed by atoms with Crippen LogP contribution in [0.5, 0.6) is 0 Å². The number of methoxy groups -OCH3 is 1. The fourth-order valence-electron chi connectivity index (χ4n) is 2.10. The molecule has 1 rings (SSSR count). The highest BCUT2D eigenvalue weighted by Gasteiger charge is 2.30. The van der Waals surface area contributed by atoms with Crippen LogP contribution in [0.25, 0.3) is 0 Å². The highest BCUT2D eigenvalue weighted by Crippen LogP contribution is 2.22. The lowest BCUT2D eigenvalue weighted by atomic mass is 9.85. The van der Waals surface area contributed by atoms with Gasteiger partial charge >= 0.3 is 0 Å². The number of piperazine rings is 1. The van der Waals surface area contributed by atoms with Gasteiger partial charge in [0.1, 0.15) is 0 Å². The van der Waals surface area contributed by atoms with Crippen LogP contribution < -0.4 is 5.32 Å². The summed E-state index contributed by atoms with van der Waals surface area (Å²) in [6, 6.07) is 1.12. The van der Waals surface area contributed by atoms with Crippen LogP contribution in [0, 0.1) is 5.41 Å². The van der Waals surface area contributed by atoms with Gasteiger partial charge in [-0.1, -0.05) is 20.8 Å².